The van der Waals surface area contributed by atoms with Crippen LogP contribution in [0.5, 0.6) is 0 Å². The monoisotopic (exact) mass is 343 g/mol. The fraction of sp³-hybridized carbons (Fsp3) is 0.400. The molecule has 132 valence electrons. The standard InChI is InChI=1S/C20H22FNO3/c1-11(2)10-25-20(24)19-12(3)18-16(22-19)8-14(9-17(18)23)13-4-6-15(21)7-5-13/h4-7,11,14,22H,8-10H2,1-3H3. The van der Waals surface area contributed by atoms with E-state index in [1.54, 1.807) is 19.1 Å². The molecule has 5 heteroatoms. The number of Topliss-reactive ketones (excluding diaryl/α,β-unsaturated/α-hetero) is 1. The van der Waals surface area contributed by atoms with Gasteiger partial charge in [-0.2, -0.15) is 0 Å². The van der Waals surface area contributed by atoms with E-state index in [9.17, 15) is 14.0 Å². The number of esters is 1. The summed E-state index contributed by atoms with van der Waals surface area (Å²) in [6.07, 6.45) is 0.975. The Morgan fingerprint density at radius 2 is 1.96 bits per heavy atom. The Labute approximate surface area is 146 Å². The first-order valence-electron chi connectivity index (χ1n) is 8.54. The molecule has 0 fully saturated rings. The van der Waals surface area contributed by atoms with Crippen LogP contribution in [-0.4, -0.2) is 23.3 Å². The van der Waals surface area contributed by atoms with Crippen molar-refractivity contribution in [2.24, 2.45) is 5.92 Å². The number of hydrogen-bond donors (Lipinski definition) is 1. The maximum absolute atomic E-state index is 13.1. The molecule has 1 aliphatic carbocycles. The van der Waals surface area contributed by atoms with Crippen molar-refractivity contribution in [3.63, 3.8) is 0 Å². The van der Waals surface area contributed by atoms with Crippen LogP contribution >= 0.6 is 0 Å². The minimum Gasteiger partial charge on any atom is -0.461 e. The molecule has 1 atom stereocenters. The number of rotatable bonds is 4. The lowest BCUT2D eigenvalue weighted by Gasteiger charge is -2.22. The van der Waals surface area contributed by atoms with Gasteiger partial charge >= 0.3 is 5.97 Å². The smallest absolute Gasteiger partial charge is 0.355 e. The number of carbonyl (C=O) groups is 2. The molecule has 25 heavy (non-hydrogen) atoms. The van der Waals surface area contributed by atoms with Crippen molar-refractivity contribution < 1.29 is 18.7 Å². The van der Waals surface area contributed by atoms with Gasteiger partial charge in [0, 0.05) is 17.7 Å². The number of carbonyl (C=O) groups excluding carboxylic acids is 2. The number of benzene rings is 1. The third kappa shape index (κ3) is 3.50. The molecule has 3 rings (SSSR count). The second kappa shape index (κ2) is 6.82. The number of nitrogens with one attached hydrogen (secondary N) is 1. The van der Waals surface area contributed by atoms with Crippen LogP contribution in [0.3, 0.4) is 0 Å². The molecule has 1 N–H and O–H groups in total. The Morgan fingerprint density at radius 1 is 1.28 bits per heavy atom. The van der Waals surface area contributed by atoms with Gasteiger partial charge in [0.15, 0.2) is 5.78 Å². The van der Waals surface area contributed by atoms with E-state index < -0.39 is 5.97 Å². The number of aromatic nitrogens is 1. The van der Waals surface area contributed by atoms with Gasteiger partial charge in [-0.25, -0.2) is 9.18 Å². The second-order valence-electron chi connectivity index (χ2n) is 7.05. The summed E-state index contributed by atoms with van der Waals surface area (Å²) in [4.78, 5) is 28.0. The molecule has 1 aromatic carbocycles. The first-order valence-corrected chi connectivity index (χ1v) is 8.54. The molecule has 0 aliphatic heterocycles. The van der Waals surface area contributed by atoms with Crippen molar-refractivity contribution in [2.75, 3.05) is 6.61 Å². The molecule has 1 heterocycles. The van der Waals surface area contributed by atoms with Crippen LogP contribution in [0.1, 0.15) is 63.9 Å². The largest absolute Gasteiger partial charge is 0.461 e. The Balaban J connectivity index is 1.86. The zero-order valence-corrected chi connectivity index (χ0v) is 14.7. The lowest BCUT2D eigenvalue weighted by Crippen LogP contribution is -2.18. The summed E-state index contributed by atoms with van der Waals surface area (Å²) in [6.45, 7) is 6.05. The third-order valence-corrected chi connectivity index (χ3v) is 4.58. The van der Waals surface area contributed by atoms with Crippen LogP contribution in [0.2, 0.25) is 0 Å². The van der Waals surface area contributed by atoms with Gasteiger partial charge in [-0.05, 0) is 48.4 Å². The fourth-order valence-electron chi connectivity index (χ4n) is 3.32. The van der Waals surface area contributed by atoms with Crippen molar-refractivity contribution in [3.8, 4) is 0 Å². The van der Waals surface area contributed by atoms with Gasteiger partial charge in [-0.15, -0.1) is 0 Å². The van der Waals surface area contributed by atoms with Gasteiger partial charge < -0.3 is 9.72 Å². The molecule has 0 saturated carbocycles. The predicted octanol–water partition coefficient (Wildman–Crippen LogP) is 4.19. The average Bonchev–Trinajstić information content (AvgIpc) is 2.90. The first-order chi connectivity index (χ1) is 11.9. The zero-order chi connectivity index (χ0) is 18.1. The van der Waals surface area contributed by atoms with E-state index in [0.717, 1.165) is 11.3 Å². The van der Waals surface area contributed by atoms with Crippen molar-refractivity contribution in [1.29, 1.82) is 0 Å². The molecule has 1 aliphatic rings. The summed E-state index contributed by atoms with van der Waals surface area (Å²) in [6, 6.07) is 6.24. The van der Waals surface area contributed by atoms with E-state index in [4.69, 9.17) is 4.74 Å². The second-order valence-corrected chi connectivity index (χ2v) is 7.05. The number of aromatic amines is 1. The SMILES string of the molecule is Cc1c(C(=O)OCC(C)C)[nH]c2c1C(=O)CC(c1ccc(F)cc1)C2. The van der Waals surface area contributed by atoms with Crippen LogP contribution in [0, 0.1) is 18.7 Å². The van der Waals surface area contributed by atoms with E-state index in [1.165, 1.54) is 12.1 Å². The molecule has 1 unspecified atom stereocenters. The maximum Gasteiger partial charge on any atom is 0.355 e. The summed E-state index contributed by atoms with van der Waals surface area (Å²) in [5.74, 6) is -0.479. The van der Waals surface area contributed by atoms with Gasteiger partial charge in [0.1, 0.15) is 11.5 Å². The van der Waals surface area contributed by atoms with E-state index in [-0.39, 0.29) is 23.4 Å². The van der Waals surface area contributed by atoms with Crippen LogP contribution < -0.4 is 0 Å². The van der Waals surface area contributed by atoms with Crippen LogP contribution in [0.25, 0.3) is 0 Å². The molecular formula is C20H22FNO3. The number of hydrogen-bond acceptors (Lipinski definition) is 3. The number of ketones is 1. The molecule has 2 aromatic rings. The van der Waals surface area contributed by atoms with E-state index >= 15 is 0 Å². The van der Waals surface area contributed by atoms with Crippen LogP contribution in [0.15, 0.2) is 24.3 Å². The molecule has 0 amide bonds. The van der Waals surface area contributed by atoms with Gasteiger partial charge in [0.25, 0.3) is 0 Å². The van der Waals surface area contributed by atoms with Gasteiger partial charge in [0.2, 0.25) is 0 Å². The van der Waals surface area contributed by atoms with E-state index in [1.807, 2.05) is 13.8 Å². The minimum atomic E-state index is -0.424. The third-order valence-electron chi connectivity index (χ3n) is 4.58. The quantitative estimate of drug-likeness (QED) is 0.847. The molecule has 1 aromatic heterocycles. The lowest BCUT2D eigenvalue weighted by atomic mass is 9.81. The Morgan fingerprint density at radius 3 is 2.60 bits per heavy atom. The molecule has 0 spiro atoms. The van der Waals surface area contributed by atoms with E-state index in [0.29, 0.717) is 36.3 Å². The summed E-state index contributed by atoms with van der Waals surface area (Å²) >= 11 is 0. The van der Waals surface area contributed by atoms with Crippen molar-refractivity contribution >= 4 is 11.8 Å². The minimum absolute atomic E-state index is 0.00670. The van der Waals surface area contributed by atoms with Gasteiger partial charge in [-0.3, -0.25) is 4.79 Å². The maximum atomic E-state index is 13.1. The van der Waals surface area contributed by atoms with Gasteiger partial charge in [0.05, 0.1) is 6.61 Å². The number of ether oxygens (including phenoxy) is 1. The highest BCUT2D eigenvalue weighted by molar-refractivity contribution is 6.03. The summed E-state index contributed by atoms with van der Waals surface area (Å²) in [7, 11) is 0. The number of H-pyrrole nitrogens is 1. The highest BCUT2D eigenvalue weighted by Gasteiger charge is 2.32. The summed E-state index contributed by atoms with van der Waals surface area (Å²) in [5, 5.41) is 0. The molecule has 0 saturated heterocycles. The molecule has 4 nitrogen and oxygen atoms in total. The van der Waals surface area contributed by atoms with Crippen LogP contribution in [-0.2, 0) is 11.2 Å². The number of fused-ring (bicyclic) bond motifs is 1. The van der Waals surface area contributed by atoms with Crippen molar-refractivity contribution in [3.05, 3.63) is 58.2 Å². The molecule has 0 radical (unpaired) electrons. The average molecular weight is 343 g/mol. The Bertz CT molecular complexity index is 805. The highest BCUT2D eigenvalue weighted by atomic mass is 19.1. The summed E-state index contributed by atoms with van der Waals surface area (Å²) < 4.78 is 18.4. The predicted molar refractivity (Wildman–Crippen MR) is 92.4 cm³/mol. The first kappa shape index (κ1) is 17.4. The Hall–Kier alpha value is -2.43. The van der Waals surface area contributed by atoms with E-state index in [2.05, 4.69) is 4.98 Å². The Kier molecular flexibility index (Phi) is 4.75. The lowest BCUT2D eigenvalue weighted by molar-refractivity contribution is 0.0451. The number of halogens is 1. The summed E-state index contributed by atoms with van der Waals surface area (Å²) in [5.41, 5.74) is 3.32. The normalized spacial score (nSPS) is 16.8. The van der Waals surface area contributed by atoms with Crippen molar-refractivity contribution in [1.82, 2.24) is 4.98 Å². The fourth-order valence-corrected chi connectivity index (χ4v) is 3.32. The molecular weight excluding hydrogens is 321 g/mol. The van der Waals surface area contributed by atoms with Gasteiger partial charge in [-0.1, -0.05) is 26.0 Å². The topological polar surface area (TPSA) is 59.2 Å². The zero-order valence-electron chi connectivity index (χ0n) is 14.7. The van der Waals surface area contributed by atoms with Crippen LogP contribution in [0.4, 0.5) is 4.39 Å². The van der Waals surface area contributed by atoms with Crippen molar-refractivity contribution in [2.45, 2.75) is 39.5 Å². The highest BCUT2D eigenvalue weighted by Crippen LogP contribution is 2.35. The molecule has 0 bridgehead atoms.